The van der Waals surface area contributed by atoms with Crippen molar-refractivity contribution in [1.29, 1.82) is 0 Å². The van der Waals surface area contributed by atoms with Crippen LogP contribution in [0.25, 0.3) is 0 Å². The molecule has 0 fully saturated rings. The molecule has 0 aliphatic heterocycles. The zero-order valence-corrected chi connectivity index (χ0v) is 9.90. The third-order valence-electron chi connectivity index (χ3n) is 0.854. The first kappa shape index (κ1) is 18.3. The summed E-state index contributed by atoms with van der Waals surface area (Å²) in [6, 6.07) is 0. The Labute approximate surface area is 84.9 Å². The molecule has 0 amide bonds. The third-order valence-corrected chi connectivity index (χ3v) is 0.854. The second-order valence-electron chi connectivity index (χ2n) is 2.57. The van der Waals surface area contributed by atoms with Gasteiger partial charge in [0.1, 0.15) is 0 Å². The Balaban J connectivity index is -0.000000140. The van der Waals surface area contributed by atoms with E-state index in [2.05, 4.69) is 32.3 Å². The van der Waals surface area contributed by atoms with E-state index >= 15 is 0 Å². The molecule has 0 radical (unpaired) electrons. The van der Waals surface area contributed by atoms with Gasteiger partial charge in [0.05, 0.1) is 0 Å². The summed E-state index contributed by atoms with van der Waals surface area (Å²) in [5.74, 6) is 0. The molecule has 0 aliphatic carbocycles. The van der Waals surface area contributed by atoms with Gasteiger partial charge < -0.3 is 5.32 Å². The lowest BCUT2D eigenvalue weighted by molar-refractivity contribution is 0.662. The van der Waals surface area contributed by atoms with Crippen molar-refractivity contribution in [2.45, 2.75) is 40.5 Å². The molecule has 0 saturated heterocycles. The molecule has 1 heteroatoms. The molecule has 0 unspecified atom stereocenters. The smallest absolute Gasteiger partial charge is 0.00516 e. The minimum absolute atomic E-state index is 1.17. The number of hydrogen-bond donors (Lipinski definition) is 1. The molecule has 0 aromatic rings. The average molecular weight is 185 g/mol. The zero-order chi connectivity index (χ0) is 10.9. The van der Waals surface area contributed by atoms with E-state index < -0.39 is 0 Å². The van der Waals surface area contributed by atoms with Gasteiger partial charge >= 0.3 is 0 Å². The number of rotatable bonds is 4. The maximum atomic E-state index is 3.36. The fourth-order valence-corrected chi connectivity index (χ4v) is 0.479. The first-order valence-corrected chi connectivity index (χ1v) is 5.09. The maximum Gasteiger partial charge on any atom is -0.00516 e. The van der Waals surface area contributed by atoms with E-state index in [-0.39, 0.29) is 0 Å². The zero-order valence-electron chi connectivity index (χ0n) is 9.90. The van der Waals surface area contributed by atoms with Crippen molar-refractivity contribution in [3.05, 3.63) is 25.3 Å². The van der Waals surface area contributed by atoms with Crippen molar-refractivity contribution >= 4 is 0 Å². The van der Waals surface area contributed by atoms with Gasteiger partial charge in [0, 0.05) is 0 Å². The molecule has 0 bridgehead atoms. The fourth-order valence-electron chi connectivity index (χ4n) is 0.479. The topological polar surface area (TPSA) is 12.0 Å². The van der Waals surface area contributed by atoms with Crippen LogP contribution in [0.15, 0.2) is 25.3 Å². The summed E-state index contributed by atoms with van der Waals surface area (Å²) in [6.07, 6.45) is 6.00. The van der Waals surface area contributed by atoms with Crippen molar-refractivity contribution in [1.82, 2.24) is 5.32 Å². The molecule has 13 heavy (non-hydrogen) atoms. The highest BCUT2D eigenvalue weighted by atomic mass is 14.8. The molecule has 0 aromatic carbocycles. The lowest BCUT2D eigenvalue weighted by atomic mass is 10.4. The van der Waals surface area contributed by atoms with Gasteiger partial charge in [-0.3, -0.25) is 0 Å². The van der Waals surface area contributed by atoms with Gasteiger partial charge in [0.25, 0.3) is 0 Å². The Morgan fingerprint density at radius 3 is 1.31 bits per heavy atom. The van der Waals surface area contributed by atoms with Gasteiger partial charge in [-0.1, -0.05) is 26.0 Å². The van der Waals surface area contributed by atoms with Crippen LogP contribution in [0.1, 0.15) is 40.5 Å². The quantitative estimate of drug-likeness (QED) is 0.519. The van der Waals surface area contributed by atoms with Crippen LogP contribution < -0.4 is 5.32 Å². The summed E-state index contributed by atoms with van der Waals surface area (Å²) in [4.78, 5) is 0. The highest BCUT2D eigenvalue weighted by molar-refractivity contribution is 4.52. The first-order valence-electron chi connectivity index (χ1n) is 5.09. The minimum Gasteiger partial charge on any atom is -0.317 e. The lowest BCUT2D eigenvalue weighted by Crippen LogP contribution is -2.14. The number of nitrogens with one attached hydrogen (secondary N) is 1. The van der Waals surface area contributed by atoms with Crippen LogP contribution in [0.5, 0.6) is 0 Å². The number of hydrogen-bond acceptors (Lipinski definition) is 1. The highest BCUT2D eigenvalue weighted by Crippen LogP contribution is 1.71. The van der Waals surface area contributed by atoms with Crippen LogP contribution in [0.2, 0.25) is 0 Å². The van der Waals surface area contributed by atoms with Gasteiger partial charge in [-0.2, -0.15) is 0 Å². The van der Waals surface area contributed by atoms with Crippen LogP contribution in [-0.2, 0) is 0 Å². The van der Waals surface area contributed by atoms with E-state index in [1.54, 1.807) is 12.2 Å². The highest BCUT2D eigenvalue weighted by Gasteiger charge is 1.76. The summed E-state index contributed by atoms with van der Waals surface area (Å²) >= 11 is 0. The average Bonchev–Trinajstić information content (AvgIpc) is 2.08. The van der Waals surface area contributed by atoms with Gasteiger partial charge in [0.15, 0.2) is 0 Å². The molecular formula is C12H27N. The molecule has 0 rings (SSSR count). The SMILES string of the molecule is C=CC.C=CC.CCCNCCC. The molecule has 0 aliphatic rings. The standard InChI is InChI=1S/C6H15N.2C3H6/c1-3-5-7-6-4-2;2*1-3-2/h7H,3-6H2,1-2H3;2*3H,1H2,2H3. The molecule has 1 N–H and O–H groups in total. The molecule has 1 nitrogen and oxygen atoms in total. The predicted molar refractivity (Wildman–Crippen MR) is 65.2 cm³/mol. The van der Waals surface area contributed by atoms with Crippen molar-refractivity contribution in [3.63, 3.8) is 0 Å². The van der Waals surface area contributed by atoms with Gasteiger partial charge in [-0.05, 0) is 39.8 Å². The Kier molecular flexibility index (Phi) is 42.3. The summed E-state index contributed by atoms with van der Waals surface area (Å²) in [5, 5.41) is 3.28. The lowest BCUT2D eigenvalue weighted by Gasteiger charge is -1.95. The van der Waals surface area contributed by atoms with Crippen molar-refractivity contribution in [2.75, 3.05) is 13.1 Å². The van der Waals surface area contributed by atoms with Crippen LogP contribution in [0, 0.1) is 0 Å². The molecular weight excluding hydrogens is 158 g/mol. The Bertz CT molecular complexity index is 67.2. The van der Waals surface area contributed by atoms with E-state index in [1.165, 1.54) is 25.9 Å². The Morgan fingerprint density at radius 2 is 1.15 bits per heavy atom. The first-order chi connectivity index (χ1) is 6.24. The van der Waals surface area contributed by atoms with E-state index in [0.717, 1.165) is 0 Å². The third kappa shape index (κ3) is 86.1. The predicted octanol–water partition coefficient (Wildman–Crippen LogP) is 3.78. The fraction of sp³-hybridized carbons (Fsp3) is 0.667. The molecule has 0 atom stereocenters. The van der Waals surface area contributed by atoms with Gasteiger partial charge in [-0.25, -0.2) is 0 Å². The molecule has 0 heterocycles. The van der Waals surface area contributed by atoms with Gasteiger partial charge in [0.2, 0.25) is 0 Å². The van der Waals surface area contributed by atoms with Crippen LogP contribution in [0.3, 0.4) is 0 Å². The second kappa shape index (κ2) is 30.1. The Morgan fingerprint density at radius 1 is 0.923 bits per heavy atom. The molecule has 80 valence electrons. The summed E-state index contributed by atoms with van der Waals surface area (Å²) in [6.45, 7) is 17.2. The van der Waals surface area contributed by atoms with Crippen molar-refractivity contribution in [2.24, 2.45) is 0 Å². The minimum atomic E-state index is 1.17. The summed E-state index contributed by atoms with van der Waals surface area (Å²) in [7, 11) is 0. The Hall–Kier alpha value is -0.560. The number of allylic oxidation sites excluding steroid dienone is 2. The van der Waals surface area contributed by atoms with E-state index in [4.69, 9.17) is 0 Å². The van der Waals surface area contributed by atoms with Gasteiger partial charge in [-0.15, -0.1) is 13.2 Å². The molecule has 0 saturated carbocycles. The summed E-state index contributed by atoms with van der Waals surface area (Å²) in [5.41, 5.74) is 0. The van der Waals surface area contributed by atoms with E-state index in [9.17, 15) is 0 Å². The second-order valence-corrected chi connectivity index (χ2v) is 2.57. The van der Waals surface area contributed by atoms with E-state index in [0.29, 0.717) is 0 Å². The monoisotopic (exact) mass is 185 g/mol. The largest absolute Gasteiger partial charge is 0.317 e. The maximum absolute atomic E-state index is 3.36. The van der Waals surface area contributed by atoms with Crippen LogP contribution >= 0.6 is 0 Å². The molecule has 0 aromatic heterocycles. The van der Waals surface area contributed by atoms with Crippen LogP contribution in [0.4, 0.5) is 0 Å². The molecule has 0 spiro atoms. The van der Waals surface area contributed by atoms with Crippen LogP contribution in [-0.4, -0.2) is 13.1 Å². The van der Waals surface area contributed by atoms with Crippen molar-refractivity contribution < 1.29 is 0 Å². The summed E-state index contributed by atoms with van der Waals surface area (Å²) < 4.78 is 0. The van der Waals surface area contributed by atoms with E-state index in [1.807, 2.05) is 13.8 Å². The van der Waals surface area contributed by atoms with Crippen molar-refractivity contribution in [3.8, 4) is 0 Å². The normalized spacial score (nSPS) is 7.08.